The highest BCUT2D eigenvalue weighted by Gasteiger charge is 2.53. The predicted molar refractivity (Wildman–Crippen MR) is 68.8 cm³/mol. The zero-order valence-corrected chi connectivity index (χ0v) is 11.8. The Bertz CT molecular complexity index is 585. The number of rotatable bonds is 6. The third-order valence-electron chi connectivity index (χ3n) is 4.40. The Morgan fingerprint density at radius 2 is 2.16 bits per heavy atom. The third-order valence-corrected chi connectivity index (χ3v) is 5.77. The normalized spacial score (nSPS) is 21.6. The monoisotopic (exact) mass is 285 g/mol. The van der Waals surface area contributed by atoms with Crippen LogP contribution in [0.5, 0.6) is 0 Å². The van der Waals surface area contributed by atoms with Gasteiger partial charge in [-0.2, -0.15) is 5.10 Å². The molecule has 2 aliphatic carbocycles. The van der Waals surface area contributed by atoms with Gasteiger partial charge in [0, 0.05) is 17.8 Å². The molecule has 1 aromatic rings. The SMILES string of the molecule is Cc1[nH]nc(S(=O)(=O)NCC2(C3CC3)CC2)c1CO. The number of aromatic amines is 1. The third kappa shape index (κ3) is 2.30. The zero-order chi connectivity index (χ0) is 13.7. The Hall–Kier alpha value is -0.920. The number of aryl methyl sites for hydroxylation is 1. The maximum absolute atomic E-state index is 12.2. The average molecular weight is 285 g/mol. The minimum Gasteiger partial charge on any atom is -0.392 e. The molecule has 0 unspecified atom stereocenters. The molecule has 3 rings (SSSR count). The standard InChI is InChI=1S/C12H19N3O3S/c1-8-10(6-16)11(15-14-8)19(17,18)13-7-12(4-5-12)9-2-3-9/h9,13,16H,2-7H2,1H3,(H,14,15). The Kier molecular flexibility index (Phi) is 2.95. The van der Waals surface area contributed by atoms with Gasteiger partial charge in [0.05, 0.1) is 6.61 Å². The maximum Gasteiger partial charge on any atom is 0.260 e. The predicted octanol–water partition coefficient (Wildman–Crippen LogP) is 0.679. The van der Waals surface area contributed by atoms with E-state index in [2.05, 4.69) is 14.9 Å². The second kappa shape index (κ2) is 4.29. The van der Waals surface area contributed by atoms with Gasteiger partial charge in [-0.05, 0) is 43.9 Å². The lowest BCUT2D eigenvalue weighted by molar-refractivity contribution is 0.277. The molecule has 7 heteroatoms. The first-order chi connectivity index (χ1) is 8.98. The molecule has 0 saturated heterocycles. The van der Waals surface area contributed by atoms with Crippen LogP contribution in [0.2, 0.25) is 0 Å². The van der Waals surface area contributed by atoms with Crippen molar-refractivity contribution in [2.24, 2.45) is 11.3 Å². The highest BCUT2D eigenvalue weighted by atomic mass is 32.2. The van der Waals surface area contributed by atoms with Crippen molar-refractivity contribution in [3.8, 4) is 0 Å². The molecule has 3 N–H and O–H groups in total. The van der Waals surface area contributed by atoms with Crippen LogP contribution in [0.3, 0.4) is 0 Å². The van der Waals surface area contributed by atoms with E-state index in [1.54, 1.807) is 6.92 Å². The highest BCUT2D eigenvalue weighted by Crippen LogP contribution is 2.60. The summed E-state index contributed by atoms with van der Waals surface area (Å²) in [7, 11) is -3.63. The van der Waals surface area contributed by atoms with Gasteiger partial charge in [0.1, 0.15) is 0 Å². The van der Waals surface area contributed by atoms with Gasteiger partial charge in [-0.1, -0.05) is 0 Å². The molecule has 2 saturated carbocycles. The molecule has 0 radical (unpaired) electrons. The van der Waals surface area contributed by atoms with E-state index in [1.807, 2.05) is 0 Å². The quantitative estimate of drug-likeness (QED) is 0.716. The first kappa shape index (κ1) is 13.1. The largest absolute Gasteiger partial charge is 0.392 e. The van der Waals surface area contributed by atoms with Gasteiger partial charge in [0.25, 0.3) is 10.0 Å². The molecule has 19 heavy (non-hydrogen) atoms. The Balaban J connectivity index is 1.75. The minimum atomic E-state index is -3.63. The lowest BCUT2D eigenvalue weighted by Crippen LogP contribution is -2.32. The number of aliphatic hydroxyl groups is 1. The van der Waals surface area contributed by atoms with E-state index in [-0.39, 0.29) is 17.0 Å². The summed E-state index contributed by atoms with van der Waals surface area (Å²) in [4.78, 5) is 0. The summed E-state index contributed by atoms with van der Waals surface area (Å²) in [6.45, 7) is 1.87. The first-order valence-corrected chi connectivity index (χ1v) is 8.11. The highest BCUT2D eigenvalue weighted by molar-refractivity contribution is 7.89. The number of nitrogens with zero attached hydrogens (tertiary/aromatic N) is 1. The topological polar surface area (TPSA) is 95.1 Å². The van der Waals surface area contributed by atoms with Crippen LogP contribution in [0.25, 0.3) is 0 Å². The Labute approximate surface area is 112 Å². The smallest absolute Gasteiger partial charge is 0.260 e. The van der Waals surface area contributed by atoms with Crippen LogP contribution in [0.15, 0.2) is 5.03 Å². The molecule has 2 aliphatic rings. The van der Waals surface area contributed by atoms with Gasteiger partial charge in [-0.15, -0.1) is 0 Å². The first-order valence-electron chi connectivity index (χ1n) is 6.63. The van der Waals surface area contributed by atoms with E-state index in [0.29, 0.717) is 23.7 Å². The molecule has 0 aliphatic heterocycles. The van der Waals surface area contributed by atoms with Crippen molar-refractivity contribution < 1.29 is 13.5 Å². The van der Waals surface area contributed by atoms with Gasteiger partial charge < -0.3 is 5.11 Å². The van der Waals surface area contributed by atoms with Gasteiger partial charge in [-0.25, -0.2) is 13.1 Å². The van der Waals surface area contributed by atoms with Crippen LogP contribution in [0, 0.1) is 18.3 Å². The van der Waals surface area contributed by atoms with Crippen LogP contribution in [-0.4, -0.2) is 30.3 Å². The second-order valence-electron chi connectivity index (χ2n) is 5.75. The van der Waals surface area contributed by atoms with E-state index < -0.39 is 10.0 Å². The molecule has 106 valence electrons. The van der Waals surface area contributed by atoms with Gasteiger partial charge in [-0.3, -0.25) is 5.10 Å². The van der Waals surface area contributed by atoms with Crippen molar-refractivity contribution in [3.05, 3.63) is 11.3 Å². The van der Waals surface area contributed by atoms with Crippen LogP contribution in [0.1, 0.15) is 36.9 Å². The summed E-state index contributed by atoms with van der Waals surface area (Å²) in [6, 6.07) is 0. The molecule has 0 amide bonds. The van der Waals surface area contributed by atoms with E-state index >= 15 is 0 Å². The fourth-order valence-electron chi connectivity index (χ4n) is 2.73. The molecule has 0 atom stereocenters. The molecule has 1 heterocycles. The van der Waals surface area contributed by atoms with Gasteiger partial charge in [0.2, 0.25) is 0 Å². The Morgan fingerprint density at radius 3 is 2.68 bits per heavy atom. The summed E-state index contributed by atoms with van der Waals surface area (Å²) in [5.41, 5.74) is 1.15. The van der Waals surface area contributed by atoms with Crippen LogP contribution < -0.4 is 4.72 Å². The van der Waals surface area contributed by atoms with Crippen molar-refractivity contribution in [1.29, 1.82) is 0 Å². The number of aliphatic hydroxyl groups excluding tert-OH is 1. The zero-order valence-electron chi connectivity index (χ0n) is 10.9. The average Bonchev–Trinajstić information content (AvgIpc) is 3.23. The van der Waals surface area contributed by atoms with Gasteiger partial charge in [0.15, 0.2) is 5.03 Å². The summed E-state index contributed by atoms with van der Waals surface area (Å²) in [6.07, 6.45) is 4.69. The lowest BCUT2D eigenvalue weighted by Gasteiger charge is -2.14. The van der Waals surface area contributed by atoms with Crippen molar-refractivity contribution in [3.63, 3.8) is 0 Å². The molecule has 0 spiro atoms. The van der Waals surface area contributed by atoms with Gasteiger partial charge >= 0.3 is 0 Å². The van der Waals surface area contributed by atoms with Crippen molar-refractivity contribution in [1.82, 2.24) is 14.9 Å². The van der Waals surface area contributed by atoms with E-state index in [1.165, 1.54) is 12.8 Å². The number of sulfonamides is 1. The molecule has 0 aromatic carbocycles. The van der Waals surface area contributed by atoms with Crippen LogP contribution >= 0.6 is 0 Å². The van der Waals surface area contributed by atoms with E-state index in [4.69, 9.17) is 0 Å². The van der Waals surface area contributed by atoms with Crippen molar-refractivity contribution >= 4 is 10.0 Å². The fourth-order valence-corrected chi connectivity index (χ4v) is 4.05. The van der Waals surface area contributed by atoms with Crippen LogP contribution in [-0.2, 0) is 16.6 Å². The molecular weight excluding hydrogens is 266 g/mol. The van der Waals surface area contributed by atoms with E-state index in [0.717, 1.165) is 12.8 Å². The number of nitrogens with one attached hydrogen (secondary N) is 2. The molecule has 0 bridgehead atoms. The summed E-state index contributed by atoms with van der Waals surface area (Å²) in [5.74, 6) is 0.702. The number of hydrogen-bond acceptors (Lipinski definition) is 4. The Morgan fingerprint density at radius 1 is 1.47 bits per heavy atom. The minimum absolute atomic E-state index is 0.0703. The van der Waals surface area contributed by atoms with Crippen molar-refractivity contribution in [2.45, 2.75) is 44.2 Å². The summed E-state index contributed by atoms with van der Waals surface area (Å²) >= 11 is 0. The van der Waals surface area contributed by atoms with E-state index in [9.17, 15) is 13.5 Å². The number of hydrogen-bond donors (Lipinski definition) is 3. The van der Waals surface area contributed by atoms with Crippen LogP contribution in [0.4, 0.5) is 0 Å². The fraction of sp³-hybridized carbons (Fsp3) is 0.750. The second-order valence-corrected chi connectivity index (χ2v) is 7.43. The number of H-pyrrole nitrogens is 1. The number of aromatic nitrogens is 2. The maximum atomic E-state index is 12.2. The summed E-state index contributed by atoms with van der Waals surface area (Å²) < 4.78 is 27.1. The molecule has 2 fully saturated rings. The lowest BCUT2D eigenvalue weighted by atomic mass is 10.0. The molecular formula is C12H19N3O3S. The van der Waals surface area contributed by atoms with Crippen molar-refractivity contribution in [2.75, 3.05) is 6.54 Å². The molecule has 1 aromatic heterocycles. The molecule has 6 nitrogen and oxygen atoms in total. The summed E-state index contributed by atoms with van der Waals surface area (Å²) in [5, 5.41) is 15.6.